The number of hydrogen-bond donors (Lipinski definition) is 1. The minimum absolute atomic E-state index is 0.127. The first kappa shape index (κ1) is 18.9. The standard InChI is InChI=1S/C22H27NO2/c1-4-17(2)20(16-15-18-11-7-5-8-12-18)23-21(22(24)25-3)19-13-9-6-10-14-19/h4-14,17,20-21,23H,1,15-16H2,2-3H3/t17?,20-,21-/m0/s1. The van der Waals surface area contributed by atoms with Gasteiger partial charge in [-0.2, -0.15) is 0 Å². The molecule has 132 valence electrons. The highest BCUT2D eigenvalue weighted by Gasteiger charge is 2.26. The topological polar surface area (TPSA) is 38.3 Å². The van der Waals surface area contributed by atoms with Crippen molar-refractivity contribution in [2.75, 3.05) is 7.11 Å². The number of aryl methyl sites for hydroxylation is 1. The Morgan fingerprint density at radius 1 is 1.12 bits per heavy atom. The van der Waals surface area contributed by atoms with Gasteiger partial charge in [0.25, 0.3) is 0 Å². The van der Waals surface area contributed by atoms with Crippen LogP contribution in [0.15, 0.2) is 73.3 Å². The van der Waals surface area contributed by atoms with Crippen LogP contribution in [0.25, 0.3) is 0 Å². The summed E-state index contributed by atoms with van der Waals surface area (Å²) in [6.07, 6.45) is 3.79. The smallest absolute Gasteiger partial charge is 0.327 e. The minimum Gasteiger partial charge on any atom is -0.468 e. The lowest BCUT2D eigenvalue weighted by Crippen LogP contribution is -2.41. The van der Waals surface area contributed by atoms with Gasteiger partial charge in [-0.3, -0.25) is 5.32 Å². The predicted molar refractivity (Wildman–Crippen MR) is 102 cm³/mol. The van der Waals surface area contributed by atoms with Gasteiger partial charge in [-0.05, 0) is 29.9 Å². The fraction of sp³-hybridized carbons (Fsp3) is 0.318. The van der Waals surface area contributed by atoms with Gasteiger partial charge in [0, 0.05) is 6.04 Å². The summed E-state index contributed by atoms with van der Waals surface area (Å²) in [4.78, 5) is 12.3. The number of carbonyl (C=O) groups excluding carboxylic acids is 1. The zero-order valence-electron chi connectivity index (χ0n) is 15.0. The molecule has 3 atom stereocenters. The lowest BCUT2D eigenvalue weighted by molar-refractivity contribution is -0.143. The summed E-state index contributed by atoms with van der Waals surface area (Å²) in [5, 5.41) is 3.50. The molecule has 0 radical (unpaired) electrons. The molecule has 0 spiro atoms. The molecule has 0 amide bonds. The Labute approximate surface area is 150 Å². The molecule has 0 aromatic heterocycles. The van der Waals surface area contributed by atoms with Crippen molar-refractivity contribution in [2.24, 2.45) is 5.92 Å². The quantitative estimate of drug-likeness (QED) is 0.547. The number of benzene rings is 2. The van der Waals surface area contributed by atoms with Crippen molar-refractivity contribution >= 4 is 5.97 Å². The van der Waals surface area contributed by atoms with E-state index < -0.39 is 6.04 Å². The molecule has 0 heterocycles. The van der Waals surface area contributed by atoms with Crippen molar-refractivity contribution in [3.63, 3.8) is 0 Å². The SMILES string of the molecule is C=CC(C)[C@H](CCc1ccccc1)N[C@H](C(=O)OC)c1ccccc1. The van der Waals surface area contributed by atoms with E-state index in [9.17, 15) is 4.79 Å². The van der Waals surface area contributed by atoms with Crippen LogP contribution in [0.4, 0.5) is 0 Å². The Morgan fingerprint density at radius 3 is 2.28 bits per heavy atom. The summed E-state index contributed by atoms with van der Waals surface area (Å²) in [6, 6.07) is 19.7. The van der Waals surface area contributed by atoms with Crippen molar-refractivity contribution in [1.29, 1.82) is 0 Å². The van der Waals surface area contributed by atoms with Crippen LogP contribution < -0.4 is 5.32 Å². The van der Waals surface area contributed by atoms with Gasteiger partial charge >= 0.3 is 5.97 Å². The molecule has 0 saturated carbocycles. The first-order valence-electron chi connectivity index (χ1n) is 8.71. The molecular weight excluding hydrogens is 310 g/mol. The van der Waals surface area contributed by atoms with Gasteiger partial charge in [0.15, 0.2) is 0 Å². The normalized spacial score (nSPS) is 14.3. The summed E-state index contributed by atoms with van der Waals surface area (Å²) < 4.78 is 5.02. The number of methoxy groups -OCH3 is 1. The summed E-state index contributed by atoms with van der Waals surface area (Å²) in [5.41, 5.74) is 2.20. The average Bonchev–Trinajstić information content (AvgIpc) is 2.68. The van der Waals surface area contributed by atoms with Gasteiger partial charge in [0.2, 0.25) is 0 Å². The number of carbonyl (C=O) groups is 1. The lowest BCUT2D eigenvalue weighted by Gasteiger charge is -2.28. The van der Waals surface area contributed by atoms with Crippen LogP contribution >= 0.6 is 0 Å². The van der Waals surface area contributed by atoms with Gasteiger partial charge in [-0.1, -0.05) is 73.7 Å². The highest BCUT2D eigenvalue weighted by Crippen LogP contribution is 2.20. The zero-order valence-corrected chi connectivity index (χ0v) is 15.0. The van der Waals surface area contributed by atoms with Crippen LogP contribution in [0.1, 0.15) is 30.5 Å². The first-order valence-corrected chi connectivity index (χ1v) is 8.71. The van der Waals surface area contributed by atoms with Gasteiger partial charge in [-0.25, -0.2) is 4.79 Å². The third-order valence-corrected chi connectivity index (χ3v) is 4.54. The second-order valence-corrected chi connectivity index (χ2v) is 6.26. The van der Waals surface area contributed by atoms with E-state index in [1.165, 1.54) is 12.7 Å². The Balaban J connectivity index is 2.14. The Bertz CT molecular complexity index is 654. The molecule has 2 aromatic carbocycles. The fourth-order valence-electron chi connectivity index (χ4n) is 2.91. The molecule has 25 heavy (non-hydrogen) atoms. The number of nitrogens with one attached hydrogen (secondary N) is 1. The van der Waals surface area contributed by atoms with Gasteiger partial charge in [-0.15, -0.1) is 6.58 Å². The van der Waals surface area contributed by atoms with Crippen LogP contribution in [0.5, 0.6) is 0 Å². The van der Waals surface area contributed by atoms with Gasteiger partial charge in [0.05, 0.1) is 7.11 Å². The summed E-state index contributed by atoms with van der Waals surface area (Å²) >= 11 is 0. The highest BCUT2D eigenvalue weighted by atomic mass is 16.5. The molecule has 2 rings (SSSR count). The van der Waals surface area contributed by atoms with Crippen molar-refractivity contribution in [1.82, 2.24) is 5.32 Å². The van der Waals surface area contributed by atoms with E-state index in [-0.39, 0.29) is 17.9 Å². The second kappa shape index (κ2) is 9.80. The lowest BCUT2D eigenvalue weighted by atomic mass is 9.93. The maximum atomic E-state index is 12.3. The Hall–Kier alpha value is -2.39. The van der Waals surface area contributed by atoms with Crippen LogP contribution in [-0.4, -0.2) is 19.1 Å². The van der Waals surface area contributed by atoms with Crippen molar-refractivity contribution < 1.29 is 9.53 Å². The van der Waals surface area contributed by atoms with E-state index in [2.05, 4.69) is 43.1 Å². The minimum atomic E-state index is -0.477. The maximum Gasteiger partial charge on any atom is 0.327 e. The van der Waals surface area contributed by atoms with E-state index in [1.807, 2.05) is 42.5 Å². The molecule has 1 N–H and O–H groups in total. The largest absolute Gasteiger partial charge is 0.468 e. The average molecular weight is 337 g/mol. The first-order chi connectivity index (χ1) is 12.2. The molecule has 0 aliphatic heterocycles. The van der Waals surface area contributed by atoms with Crippen LogP contribution in [0.3, 0.4) is 0 Å². The number of esters is 1. The molecule has 1 unspecified atom stereocenters. The molecule has 0 bridgehead atoms. The van der Waals surface area contributed by atoms with Crippen LogP contribution in [0.2, 0.25) is 0 Å². The van der Waals surface area contributed by atoms with Crippen LogP contribution in [0, 0.1) is 5.92 Å². The predicted octanol–water partition coefficient (Wildman–Crippen LogP) is 4.31. The van der Waals surface area contributed by atoms with E-state index in [1.54, 1.807) is 0 Å². The second-order valence-electron chi connectivity index (χ2n) is 6.26. The van der Waals surface area contributed by atoms with E-state index in [0.717, 1.165) is 18.4 Å². The van der Waals surface area contributed by atoms with Crippen molar-refractivity contribution in [3.05, 3.63) is 84.4 Å². The number of rotatable bonds is 9. The molecule has 0 saturated heterocycles. The Kier molecular flexibility index (Phi) is 7.42. The highest BCUT2D eigenvalue weighted by molar-refractivity contribution is 5.77. The molecule has 0 fully saturated rings. The molecule has 0 aliphatic rings. The summed E-state index contributed by atoms with van der Waals surface area (Å²) in [5.74, 6) is -0.0354. The van der Waals surface area contributed by atoms with Crippen molar-refractivity contribution in [3.8, 4) is 0 Å². The molecule has 3 nitrogen and oxygen atoms in total. The van der Waals surface area contributed by atoms with E-state index in [0.29, 0.717) is 0 Å². The number of ether oxygens (including phenoxy) is 1. The molecule has 3 heteroatoms. The number of hydrogen-bond acceptors (Lipinski definition) is 3. The van der Waals surface area contributed by atoms with E-state index >= 15 is 0 Å². The van der Waals surface area contributed by atoms with E-state index in [4.69, 9.17) is 4.74 Å². The summed E-state index contributed by atoms with van der Waals surface area (Å²) in [7, 11) is 1.43. The molecule has 2 aromatic rings. The van der Waals surface area contributed by atoms with Crippen LogP contribution in [-0.2, 0) is 16.0 Å². The van der Waals surface area contributed by atoms with Crippen molar-refractivity contribution in [2.45, 2.75) is 31.8 Å². The third-order valence-electron chi connectivity index (χ3n) is 4.54. The van der Waals surface area contributed by atoms with Gasteiger partial charge in [0.1, 0.15) is 6.04 Å². The molecule has 0 aliphatic carbocycles. The summed E-state index contributed by atoms with van der Waals surface area (Å²) in [6.45, 7) is 6.05. The monoisotopic (exact) mass is 337 g/mol. The molecular formula is C22H27NO2. The maximum absolute atomic E-state index is 12.3. The Morgan fingerprint density at radius 2 is 1.72 bits per heavy atom. The third kappa shape index (κ3) is 5.57. The fourth-order valence-corrected chi connectivity index (χ4v) is 2.91. The van der Waals surface area contributed by atoms with Gasteiger partial charge < -0.3 is 4.74 Å². The zero-order chi connectivity index (χ0) is 18.1.